The Morgan fingerprint density at radius 3 is 2.68 bits per heavy atom. The minimum Gasteiger partial charge on any atom is -0.448 e. The van der Waals surface area contributed by atoms with Crippen molar-refractivity contribution in [2.45, 2.75) is 24.0 Å². The molecule has 0 saturated carbocycles. The highest BCUT2D eigenvalue weighted by molar-refractivity contribution is 8.00. The molecule has 5 rings (SSSR count). The second-order valence-electron chi connectivity index (χ2n) is 7.58. The Kier molecular flexibility index (Phi) is 4.93. The standard InChI is InChI=1S/C20H20ClN5O3S2/c1-9-8-30-18(23-9)15-13-14(24(2)20(28)25(3)19(13)27)16-17(11-4-5-12(21)29-11)31-10(6-22)7-26(15)16/h4-5,8,10,17H,6-7,22H2,1-3H3/t10-,17-/m1/s1. The Hall–Kier alpha value is -2.27. The molecule has 0 amide bonds. The molecule has 2 N–H and O–H groups in total. The summed E-state index contributed by atoms with van der Waals surface area (Å²) >= 11 is 9.21. The van der Waals surface area contributed by atoms with E-state index in [2.05, 4.69) is 9.55 Å². The Balaban J connectivity index is 1.96. The number of fused-ring (bicyclic) bond motifs is 3. The average Bonchev–Trinajstić information content (AvgIpc) is 3.46. The molecular weight excluding hydrogens is 458 g/mol. The van der Waals surface area contributed by atoms with E-state index in [4.69, 9.17) is 21.8 Å². The number of rotatable bonds is 3. The number of halogens is 1. The molecule has 1 aliphatic rings. The minimum absolute atomic E-state index is 0.0869. The van der Waals surface area contributed by atoms with Crippen LogP contribution in [0.4, 0.5) is 0 Å². The molecule has 0 aromatic carbocycles. The maximum atomic E-state index is 13.4. The lowest BCUT2D eigenvalue weighted by Crippen LogP contribution is -2.37. The van der Waals surface area contributed by atoms with Crippen LogP contribution in [0.15, 0.2) is 31.5 Å². The van der Waals surface area contributed by atoms with E-state index in [1.165, 1.54) is 23.0 Å². The van der Waals surface area contributed by atoms with Gasteiger partial charge in [0.05, 0.1) is 22.3 Å². The lowest BCUT2D eigenvalue weighted by atomic mass is 10.2. The minimum atomic E-state index is -0.380. The second kappa shape index (κ2) is 7.40. The van der Waals surface area contributed by atoms with Gasteiger partial charge in [0.15, 0.2) is 5.22 Å². The Labute approximate surface area is 190 Å². The first-order valence-electron chi connectivity index (χ1n) is 9.67. The highest BCUT2D eigenvalue weighted by atomic mass is 35.5. The van der Waals surface area contributed by atoms with Gasteiger partial charge in [-0.25, -0.2) is 9.78 Å². The van der Waals surface area contributed by atoms with E-state index in [1.54, 1.807) is 24.9 Å². The van der Waals surface area contributed by atoms with Crippen LogP contribution in [-0.4, -0.2) is 30.5 Å². The smallest absolute Gasteiger partial charge is 0.331 e. The fourth-order valence-electron chi connectivity index (χ4n) is 4.19. The van der Waals surface area contributed by atoms with Gasteiger partial charge in [0, 0.05) is 43.5 Å². The van der Waals surface area contributed by atoms with Crippen molar-refractivity contribution in [1.29, 1.82) is 0 Å². The first-order chi connectivity index (χ1) is 14.8. The van der Waals surface area contributed by atoms with Crippen LogP contribution < -0.4 is 17.0 Å². The van der Waals surface area contributed by atoms with Crippen molar-refractivity contribution in [3.63, 3.8) is 0 Å². The number of hydrogen-bond acceptors (Lipinski definition) is 7. The van der Waals surface area contributed by atoms with Crippen molar-refractivity contribution in [1.82, 2.24) is 18.7 Å². The lowest BCUT2D eigenvalue weighted by Gasteiger charge is -2.30. The molecular formula is C20H20ClN5O3S2. The molecule has 11 heteroatoms. The van der Waals surface area contributed by atoms with Crippen molar-refractivity contribution in [3.05, 3.63) is 60.7 Å². The zero-order chi connectivity index (χ0) is 22.0. The van der Waals surface area contributed by atoms with Gasteiger partial charge >= 0.3 is 5.69 Å². The van der Waals surface area contributed by atoms with Gasteiger partial charge in [0.2, 0.25) is 0 Å². The highest BCUT2D eigenvalue weighted by Crippen LogP contribution is 2.49. The molecule has 5 heterocycles. The number of furan rings is 1. The number of thioether (sulfide) groups is 1. The first-order valence-corrected chi connectivity index (χ1v) is 11.9. The number of aryl methyl sites for hydroxylation is 2. The summed E-state index contributed by atoms with van der Waals surface area (Å²) in [4.78, 5) is 30.9. The Morgan fingerprint density at radius 1 is 1.29 bits per heavy atom. The van der Waals surface area contributed by atoms with E-state index in [0.29, 0.717) is 29.8 Å². The Morgan fingerprint density at radius 2 is 2.06 bits per heavy atom. The fraction of sp³-hybridized carbons (Fsp3) is 0.350. The predicted octanol–water partition coefficient (Wildman–Crippen LogP) is 2.88. The molecule has 162 valence electrons. The molecule has 0 bridgehead atoms. The molecule has 0 aliphatic carbocycles. The second-order valence-corrected chi connectivity index (χ2v) is 10.2. The van der Waals surface area contributed by atoms with E-state index in [1.807, 2.05) is 18.4 Å². The summed E-state index contributed by atoms with van der Waals surface area (Å²) in [5.74, 6) is 0.656. The summed E-state index contributed by atoms with van der Waals surface area (Å²) in [6, 6.07) is 3.52. The number of nitrogens with two attached hydrogens (primary N) is 1. The van der Waals surface area contributed by atoms with Crippen molar-refractivity contribution in [2.24, 2.45) is 19.8 Å². The molecule has 31 heavy (non-hydrogen) atoms. The van der Waals surface area contributed by atoms with Gasteiger partial charge in [0.25, 0.3) is 5.56 Å². The molecule has 8 nitrogen and oxygen atoms in total. The van der Waals surface area contributed by atoms with Gasteiger partial charge in [-0.1, -0.05) is 0 Å². The van der Waals surface area contributed by atoms with Crippen LogP contribution in [0.25, 0.3) is 21.6 Å². The quantitative estimate of drug-likeness (QED) is 0.487. The van der Waals surface area contributed by atoms with Crippen LogP contribution in [0.5, 0.6) is 0 Å². The first kappa shape index (κ1) is 20.6. The zero-order valence-electron chi connectivity index (χ0n) is 17.1. The summed E-state index contributed by atoms with van der Waals surface area (Å²) in [5, 5.41) is 3.27. The van der Waals surface area contributed by atoms with Gasteiger partial charge in [-0.15, -0.1) is 23.1 Å². The predicted molar refractivity (Wildman–Crippen MR) is 124 cm³/mol. The third-order valence-corrected chi connectivity index (χ3v) is 8.23. The maximum Gasteiger partial charge on any atom is 0.331 e. The summed E-state index contributed by atoms with van der Waals surface area (Å²) in [6.07, 6.45) is 0. The fourth-order valence-corrected chi connectivity index (χ4v) is 6.55. The van der Waals surface area contributed by atoms with Crippen molar-refractivity contribution in [2.75, 3.05) is 6.54 Å². The van der Waals surface area contributed by atoms with E-state index < -0.39 is 0 Å². The third kappa shape index (κ3) is 3.04. The van der Waals surface area contributed by atoms with Crippen molar-refractivity contribution >= 4 is 45.6 Å². The number of thiazole rings is 1. The molecule has 0 spiro atoms. The summed E-state index contributed by atoms with van der Waals surface area (Å²) in [5.41, 5.74) is 8.38. The normalized spacial score (nSPS) is 18.6. The zero-order valence-corrected chi connectivity index (χ0v) is 19.5. The molecule has 0 radical (unpaired) electrons. The summed E-state index contributed by atoms with van der Waals surface area (Å²) < 4.78 is 10.5. The van der Waals surface area contributed by atoms with Gasteiger partial charge in [-0.05, 0) is 30.7 Å². The third-order valence-electron chi connectivity index (χ3n) is 5.60. The van der Waals surface area contributed by atoms with Crippen LogP contribution >= 0.6 is 34.7 Å². The van der Waals surface area contributed by atoms with E-state index >= 15 is 0 Å². The summed E-state index contributed by atoms with van der Waals surface area (Å²) in [7, 11) is 3.19. The van der Waals surface area contributed by atoms with Crippen LogP contribution in [0.1, 0.15) is 22.4 Å². The number of aromatic nitrogens is 4. The number of nitrogens with zero attached hydrogens (tertiary/aromatic N) is 4. The molecule has 4 aromatic rings. The van der Waals surface area contributed by atoms with Crippen LogP contribution in [0, 0.1) is 6.92 Å². The number of hydrogen-bond donors (Lipinski definition) is 1. The largest absolute Gasteiger partial charge is 0.448 e. The topological polar surface area (TPSA) is 101 Å². The SMILES string of the molecule is Cc1csc(-c2c3c(=O)n(C)c(=O)n(C)c3c3n2C[C@@H](CN)S[C@@H]3c2ccc(Cl)o2)n1. The van der Waals surface area contributed by atoms with Crippen molar-refractivity contribution in [3.8, 4) is 10.7 Å². The average molecular weight is 478 g/mol. The van der Waals surface area contributed by atoms with E-state index in [-0.39, 0.29) is 27.0 Å². The molecule has 0 fully saturated rings. The van der Waals surface area contributed by atoms with Gasteiger partial charge < -0.3 is 14.7 Å². The van der Waals surface area contributed by atoms with Crippen LogP contribution in [-0.2, 0) is 20.6 Å². The monoisotopic (exact) mass is 477 g/mol. The molecule has 0 unspecified atom stereocenters. The van der Waals surface area contributed by atoms with E-state index in [0.717, 1.165) is 26.7 Å². The van der Waals surface area contributed by atoms with Crippen LogP contribution in [0.2, 0.25) is 5.22 Å². The van der Waals surface area contributed by atoms with Gasteiger partial charge in [-0.3, -0.25) is 13.9 Å². The lowest BCUT2D eigenvalue weighted by molar-refractivity contribution is 0.505. The Bertz CT molecular complexity index is 1440. The molecule has 2 atom stereocenters. The van der Waals surface area contributed by atoms with Gasteiger partial charge in [-0.2, -0.15) is 0 Å². The highest BCUT2D eigenvalue weighted by Gasteiger charge is 2.37. The van der Waals surface area contributed by atoms with Gasteiger partial charge in [0.1, 0.15) is 16.0 Å². The van der Waals surface area contributed by atoms with Crippen molar-refractivity contribution < 1.29 is 4.42 Å². The summed E-state index contributed by atoms with van der Waals surface area (Å²) in [6.45, 7) is 2.97. The molecule has 0 saturated heterocycles. The van der Waals surface area contributed by atoms with E-state index in [9.17, 15) is 9.59 Å². The molecule has 4 aromatic heterocycles. The molecule has 1 aliphatic heterocycles. The maximum absolute atomic E-state index is 13.4. The van der Waals surface area contributed by atoms with Crippen LogP contribution in [0.3, 0.4) is 0 Å².